The van der Waals surface area contributed by atoms with E-state index < -0.39 is 0 Å². The first kappa shape index (κ1) is 19.6. The Morgan fingerprint density at radius 2 is 2.07 bits per heavy atom. The molecule has 0 atom stereocenters. The van der Waals surface area contributed by atoms with Gasteiger partial charge in [-0.25, -0.2) is 0 Å². The number of nitrogens with zero attached hydrogens (tertiary/aromatic N) is 3. The maximum absolute atomic E-state index is 12.3. The quantitative estimate of drug-likeness (QED) is 0.578. The minimum Gasteiger partial charge on any atom is -0.454 e. The predicted molar refractivity (Wildman–Crippen MR) is 111 cm³/mol. The van der Waals surface area contributed by atoms with Crippen LogP contribution < -0.4 is 14.8 Å². The highest BCUT2D eigenvalue weighted by Crippen LogP contribution is 2.32. The average molecular weight is 431 g/mol. The van der Waals surface area contributed by atoms with Crippen LogP contribution in [0.1, 0.15) is 21.7 Å². The summed E-state index contributed by atoms with van der Waals surface area (Å²) in [5, 5.41) is 12.9. The monoisotopic (exact) mass is 430 g/mol. The van der Waals surface area contributed by atoms with E-state index in [-0.39, 0.29) is 12.7 Å². The molecule has 2 heterocycles. The molecule has 0 spiro atoms. The van der Waals surface area contributed by atoms with E-state index in [0.717, 1.165) is 27.3 Å². The molecule has 2 aromatic carbocycles. The molecule has 1 aromatic heterocycles. The summed E-state index contributed by atoms with van der Waals surface area (Å²) < 4.78 is 12.5. The van der Waals surface area contributed by atoms with Crippen LogP contribution in [0.15, 0.2) is 47.6 Å². The molecule has 0 saturated heterocycles. The first-order chi connectivity index (χ1) is 14.1. The van der Waals surface area contributed by atoms with Crippen LogP contribution in [-0.4, -0.2) is 34.0 Å². The average Bonchev–Trinajstić information content (AvgIpc) is 3.33. The van der Waals surface area contributed by atoms with Crippen LogP contribution in [-0.2, 0) is 19.2 Å². The molecule has 7 nitrogen and oxygen atoms in total. The molecule has 0 unspecified atom stereocenters. The second kappa shape index (κ2) is 8.75. The summed E-state index contributed by atoms with van der Waals surface area (Å²) in [6.45, 7) is 0.641. The summed E-state index contributed by atoms with van der Waals surface area (Å²) in [5.74, 6) is 2.65. The van der Waals surface area contributed by atoms with Gasteiger partial charge in [0.1, 0.15) is 5.82 Å². The Bertz CT molecular complexity index is 1040. The number of halogens is 1. The Balaban J connectivity index is 1.29. The molecule has 0 bridgehead atoms. The zero-order valence-corrected chi connectivity index (χ0v) is 17.3. The molecule has 29 heavy (non-hydrogen) atoms. The number of rotatable bonds is 7. The van der Waals surface area contributed by atoms with Gasteiger partial charge < -0.3 is 19.4 Å². The Morgan fingerprint density at radius 3 is 2.93 bits per heavy atom. The van der Waals surface area contributed by atoms with Crippen molar-refractivity contribution in [2.75, 3.05) is 13.3 Å². The van der Waals surface area contributed by atoms with Crippen molar-refractivity contribution < 1.29 is 14.3 Å². The number of carbonyl (C=O) groups is 1. The van der Waals surface area contributed by atoms with Gasteiger partial charge in [-0.1, -0.05) is 35.5 Å². The number of hydrogen-bond donors (Lipinski definition) is 1. The smallest absolute Gasteiger partial charge is 0.251 e. The summed E-state index contributed by atoms with van der Waals surface area (Å²) in [6.07, 6.45) is 0.581. The number of hydrogen-bond acceptors (Lipinski definition) is 6. The zero-order chi connectivity index (χ0) is 20.2. The second-order valence-corrected chi connectivity index (χ2v) is 7.83. The van der Waals surface area contributed by atoms with E-state index in [1.165, 1.54) is 0 Å². The fraction of sp³-hybridized carbons (Fsp3) is 0.250. The zero-order valence-electron chi connectivity index (χ0n) is 15.7. The summed E-state index contributed by atoms with van der Waals surface area (Å²) in [7, 11) is 1.93. The molecule has 0 fully saturated rings. The maximum Gasteiger partial charge on any atom is 0.251 e. The van der Waals surface area contributed by atoms with Crippen molar-refractivity contribution in [2.24, 2.45) is 7.05 Å². The van der Waals surface area contributed by atoms with Gasteiger partial charge in [-0.3, -0.25) is 4.79 Å². The SMILES string of the molecule is Cn1c(CCNC(=O)c2ccc3c(c2)OCO3)nnc1SCc1cccc(Cl)c1. The molecule has 0 saturated carbocycles. The molecule has 4 rings (SSSR count). The molecular formula is C20H19ClN4O3S. The van der Waals surface area contributed by atoms with Crippen molar-refractivity contribution >= 4 is 29.3 Å². The predicted octanol–water partition coefficient (Wildman–Crippen LogP) is 3.46. The molecule has 3 aromatic rings. The lowest BCUT2D eigenvalue weighted by Gasteiger charge is -2.07. The lowest BCUT2D eigenvalue weighted by molar-refractivity contribution is 0.0953. The molecule has 1 amide bonds. The second-order valence-electron chi connectivity index (χ2n) is 6.45. The van der Waals surface area contributed by atoms with Crippen molar-refractivity contribution in [3.8, 4) is 11.5 Å². The third-order valence-electron chi connectivity index (χ3n) is 4.45. The van der Waals surface area contributed by atoms with Crippen molar-refractivity contribution in [3.05, 3.63) is 64.4 Å². The van der Waals surface area contributed by atoms with E-state index in [0.29, 0.717) is 30.0 Å². The first-order valence-electron chi connectivity index (χ1n) is 9.03. The van der Waals surface area contributed by atoms with Crippen molar-refractivity contribution in [1.82, 2.24) is 20.1 Å². The highest BCUT2D eigenvalue weighted by molar-refractivity contribution is 7.98. The van der Waals surface area contributed by atoms with Gasteiger partial charge in [0, 0.05) is 36.4 Å². The van der Waals surface area contributed by atoms with Crippen LogP contribution in [0.2, 0.25) is 5.02 Å². The minimum atomic E-state index is -0.166. The van der Waals surface area contributed by atoms with Crippen LogP contribution in [0, 0.1) is 0 Å². The van der Waals surface area contributed by atoms with Crippen LogP contribution in [0.4, 0.5) is 0 Å². The fourth-order valence-corrected chi connectivity index (χ4v) is 3.98. The number of thioether (sulfide) groups is 1. The number of carbonyl (C=O) groups excluding carboxylic acids is 1. The standard InChI is InChI=1S/C20H19ClN4O3S/c1-25-18(23-24-20(25)29-11-13-3-2-4-15(21)9-13)7-8-22-19(26)14-5-6-16-17(10-14)28-12-27-16/h2-6,9-10H,7-8,11-12H2,1H3,(H,22,26). The fourth-order valence-electron chi connectivity index (χ4n) is 2.89. The van der Waals surface area contributed by atoms with Crippen LogP contribution in [0.3, 0.4) is 0 Å². The first-order valence-corrected chi connectivity index (χ1v) is 10.4. The van der Waals surface area contributed by atoms with Gasteiger partial charge in [-0.15, -0.1) is 10.2 Å². The van der Waals surface area contributed by atoms with E-state index in [1.807, 2.05) is 35.9 Å². The van der Waals surface area contributed by atoms with Crippen LogP contribution >= 0.6 is 23.4 Å². The number of ether oxygens (including phenoxy) is 2. The van der Waals surface area contributed by atoms with Gasteiger partial charge in [0.15, 0.2) is 16.7 Å². The lowest BCUT2D eigenvalue weighted by Crippen LogP contribution is -2.26. The summed E-state index contributed by atoms with van der Waals surface area (Å²) in [4.78, 5) is 12.3. The van der Waals surface area contributed by atoms with E-state index in [9.17, 15) is 4.79 Å². The maximum atomic E-state index is 12.3. The van der Waals surface area contributed by atoms with Crippen molar-refractivity contribution in [1.29, 1.82) is 0 Å². The van der Waals surface area contributed by atoms with E-state index in [4.69, 9.17) is 21.1 Å². The minimum absolute atomic E-state index is 0.166. The summed E-state index contributed by atoms with van der Waals surface area (Å²) in [5.41, 5.74) is 1.66. The van der Waals surface area contributed by atoms with Gasteiger partial charge >= 0.3 is 0 Å². The number of fused-ring (bicyclic) bond motifs is 1. The van der Waals surface area contributed by atoms with Crippen LogP contribution in [0.25, 0.3) is 0 Å². The molecule has 1 aliphatic heterocycles. The largest absolute Gasteiger partial charge is 0.454 e. The van der Waals surface area contributed by atoms with E-state index >= 15 is 0 Å². The number of benzene rings is 2. The third kappa shape index (κ3) is 4.65. The number of amides is 1. The summed E-state index contributed by atoms with van der Waals surface area (Å²) in [6, 6.07) is 12.9. The Labute approximate surface area is 177 Å². The van der Waals surface area contributed by atoms with Crippen molar-refractivity contribution in [3.63, 3.8) is 0 Å². The Hall–Kier alpha value is -2.71. The van der Waals surface area contributed by atoms with Crippen molar-refractivity contribution in [2.45, 2.75) is 17.3 Å². The van der Waals surface area contributed by atoms with Gasteiger partial charge in [-0.05, 0) is 35.9 Å². The van der Waals surface area contributed by atoms with Gasteiger partial charge in [0.2, 0.25) is 6.79 Å². The van der Waals surface area contributed by atoms with Gasteiger partial charge in [-0.2, -0.15) is 0 Å². The molecule has 9 heteroatoms. The van der Waals surface area contributed by atoms with E-state index in [2.05, 4.69) is 15.5 Å². The molecule has 0 aliphatic carbocycles. The van der Waals surface area contributed by atoms with Gasteiger partial charge in [0.05, 0.1) is 0 Å². The number of nitrogens with one attached hydrogen (secondary N) is 1. The molecule has 1 aliphatic rings. The Morgan fingerprint density at radius 1 is 1.21 bits per heavy atom. The highest BCUT2D eigenvalue weighted by atomic mass is 35.5. The normalized spacial score (nSPS) is 12.2. The number of aromatic nitrogens is 3. The molecule has 0 radical (unpaired) electrons. The molecular weight excluding hydrogens is 412 g/mol. The molecule has 150 valence electrons. The van der Waals surface area contributed by atoms with Gasteiger partial charge in [0.25, 0.3) is 5.91 Å². The lowest BCUT2D eigenvalue weighted by atomic mass is 10.2. The third-order valence-corrected chi connectivity index (χ3v) is 5.78. The Kier molecular flexibility index (Phi) is 5.92. The highest BCUT2D eigenvalue weighted by Gasteiger charge is 2.16. The summed E-state index contributed by atoms with van der Waals surface area (Å²) >= 11 is 7.62. The van der Waals surface area contributed by atoms with E-state index in [1.54, 1.807) is 30.0 Å². The van der Waals surface area contributed by atoms with Crippen LogP contribution in [0.5, 0.6) is 11.5 Å². The molecule has 1 N–H and O–H groups in total. The topological polar surface area (TPSA) is 78.3 Å².